The Morgan fingerprint density at radius 2 is 2.00 bits per heavy atom. The maximum Gasteiger partial charge on any atom is 0.259 e. The number of nitriles is 1. The van der Waals surface area contributed by atoms with Crippen molar-refractivity contribution in [2.75, 3.05) is 37.0 Å². The van der Waals surface area contributed by atoms with E-state index in [1.807, 2.05) is 23.1 Å². The van der Waals surface area contributed by atoms with Crippen LogP contribution in [0.15, 0.2) is 30.5 Å². The predicted octanol–water partition coefficient (Wildman–Crippen LogP) is 3.71. The summed E-state index contributed by atoms with van der Waals surface area (Å²) < 4.78 is 5.33. The lowest BCUT2D eigenvalue weighted by atomic mass is 9.75. The molecule has 3 aliphatic rings. The first kappa shape index (κ1) is 22.9. The molecule has 0 radical (unpaired) electrons. The van der Waals surface area contributed by atoms with Gasteiger partial charge in [-0.05, 0) is 82.7 Å². The first-order valence-electron chi connectivity index (χ1n) is 12.3. The van der Waals surface area contributed by atoms with Crippen molar-refractivity contribution >= 4 is 45.5 Å². The van der Waals surface area contributed by atoms with Gasteiger partial charge in [-0.15, -0.1) is 0 Å². The molecule has 2 saturated heterocycles. The van der Waals surface area contributed by atoms with E-state index < -0.39 is 5.54 Å². The number of carbonyl (C=O) groups is 1. The van der Waals surface area contributed by atoms with Gasteiger partial charge in [0, 0.05) is 23.1 Å². The number of amides is 1. The van der Waals surface area contributed by atoms with Crippen LogP contribution in [0.2, 0.25) is 0 Å². The van der Waals surface area contributed by atoms with Crippen molar-refractivity contribution in [3.8, 4) is 11.8 Å². The lowest BCUT2D eigenvalue weighted by Gasteiger charge is -2.43. The van der Waals surface area contributed by atoms with Crippen LogP contribution in [0, 0.1) is 11.3 Å². The molecule has 36 heavy (non-hydrogen) atoms. The number of fused-ring (bicyclic) bond motifs is 1. The zero-order chi connectivity index (χ0) is 25.0. The lowest BCUT2D eigenvalue weighted by Crippen LogP contribution is -2.55. The molecule has 3 fully saturated rings. The zero-order valence-corrected chi connectivity index (χ0v) is 21.1. The van der Waals surface area contributed by atoms with Gasteiger partial charge in [-0.25, -0.2) is 4.98 Å². The van der Waals surface area contributed by atoms with Crippen molar-refractivity contribution in [3.63, 3.8) is 0 Å². The van der Waals surface area contributed by atoms with E-state index in [4.69, 9.17) is 22.1 Å². The second-order valence-corrected chi connectivity index (χ2v) is 10.3. The predicted molar refractivity (Wildman–Crippen MR) is 140 cm³/mol. The maximum atomic E-state index is 13.9. The van der Waals surface area contributed by atoms with E-state index in [2.05, 4.69) is 28.1 Å². The van der Waals surface area contributed by atoms with E-state index in [1.165, 1.54) is 13.3 Å². The topological polar surface area (TPSA) is 101 Å². The number of carbonyl (C=O) groups excluding carboxylic acids is 1. The van der Waals surface area contributed by atoms with Gasteiger partial charge in [-0.2, -0.15) is 10.4 Å². The fourth-order valence-corrected chi connectivity index (χ4v) is 6.23. The molecular weight excluding hydrogens is 474 g/mol. The van der Waals surface area contributed by atoms with Crippen molar-refractivity contribution in [2.45, 2.75) is 43.6 Å². The second-order valence-electron chi connectivity index (χ2n) is 9.92. The fourth-order valence-electron chi connectivity index (χ4n) is 5.76. The molecular formula is C26H27N7O2S. The number of rotatable bonds is 4. The van der Waals surface area contributed by atoms with Gasteiger partial charge in [0.05, 0.1) is 30.2 Å². The third kappa shape index (κ3) is 3.30. The van der Waals surface area contributed by atoms with Gasteiger partial charge in [-0.3, -0.25) is 14.8 Å². The fraction of sp³-hybridized carbons (Fsp3) is 0.423. The summed E-state index contributed by atoms with van der Waals surface area (Å²) in [5.74, 6) is 0.660. The van der Waals surface area contributed by atoms with Crippen molar-refractivity contribution in [2.24, 2.45) is 0 Å². The average Bonchev–Trinajstić information content (AvgIpc) is 3.39. The summed E-state index contributed by atoms with van der Waals surface area (Å²) in [4.78, 5) is 24.0. The van der Waals surface area contributed by atoms with Crippen molar-refractivity contribution in [1.29, 1.82) is 5.26 Å². The van der Waals surface area contributed by atoms with E-state index in [-0.39, 0.29) is 11.6 Å². The van der Waals surface area contributed by atoms with Crippen molar-refractivity contribution in [1.82, 2.24) is 20.1 Å². The Bertz CT molecular complexity index is 1420. The zero-order valence-electron chi connectivity index (χ0n) is 20.3. The smallest absolute Gasteiger partial charge is 0.259 e. The molecule has 1 aliphatic carbocycles. The van der Waals surface area contributed by atoms with Gasteiger partial charge in [0.25, 0.3) is 5.91 Å². The number of thiocarbonyl (C=S) groups is 1. The van der Waals surface area contributed by atoms with E-state index in [0.717, 1.165) is 67.5 Å². The monoisotopic (exact) mass is 501 g/mol. The summed E-state index contributed by atoms with van der Waals surface area (Å²) in [5.41, 5.74) is 2.95. The first-order chi connectivity index (χ1) is 17.5. The molecule has 0 unspecified atom stereocenters. The number of ether oxygens (including phenoxy) is 1. The average molecular weight is 502 g/mol. The standard InChI is InChI=1S/C26H27N7O2S/c1-31-10-6-16(7-11-31)23-19-12-17(4-5-20(19)29-30-23)33-25(36)32(24(34)26(33)8-3-9-26)18-13-22(35-2)21(14-27)28-15-18/h4-5,12-13,15-16H,3,6-11H2,1-2H3,(H,29,30). The molecule has 2 aromatic heterocycles. The van der Waals surface area contributed by atoms with Crippen LogP contribution < -0.4 is 14.5 Å². The quantitative estimate of drug-likeness (QED) is 0.540. The van der Waals surface area contributed by atoms with Gasteiger partial charge in [-0.1, -0.05) is 0 Å². The van der Waals surface area contributed by atoms with E-state index in [0.29, 0.717) is 22.5 Å². The molecule has 0 atom stereocenters. The molecule has 1 N–H and O–H groups in total. The highest BCUT2D eigenvalue weighted by atomic mass is 32.1. The summed E-state index contributed by atoms with van der Waals surface area (Å²) in [5, 5.41) is 18.7. The molecule has 2 aliphatic heterocycles. The van der Waals surface area contributed by atoms with Gasteiger partial charge >= 0.3 is 0 Å². The normalized spacial score (nSPS) is 20.2. The summed E-state index contributed by atoms with van der Waals surface area (Å²) in [7, 11) is 3.64. The van der Waals surface area contributed by atoms with Crippen LogP contribution in [0.1, 0.15) is 49.4 Å². The number of hydrogen-bond donors (Lipinski definition) is 1. The van der Waals surface area contributed by atoms with E-state index in [1.54, 1.807) is 11.0 Å². The highest BCUT2D eigenvalue weighted by Crippen LogP contribution is 2.48. The highest BCUT2D eigenvalue weighted by molar-refractivity contribution is 7.81. The largest absolute Gasteiger partial charge is 0.494 e. The highest BCUT2D eigenvalue weighted by Gasteiger charge is 2.59. The third-order valence-corrected chi connectivity index (χ3v) is 8.32. The van der Waals surface area contributed by atoms with Crippen molar-refractivity contribution < 1.29 is 9.53 Å². The summed E-state index contributed by atoms with van der Waals surface area (Å²) >= 11 is 5.93. The van der Waals surface area contributed by atoms with Crippen LogP contribution in [0.3, 0.4) is 0 Å². The minimum absolute atomic E-state index is 0.0601. The van der Waals surface area contributed by atoms with E-state index in [9.17, 15) is 10.1 Å². The lowest BCUT2D eigenvalue weighted by molar-refractivity contribution is -0.123. The SMILES string of the molecule is COc1cc(N2C(=O)C3(CCC3)N(c3ccc4[nH]nc(C5CCN(C)CC5)c4c3)C2=S)cnc1C#N. The Balaban J connectivity index is 1.40. The van der Waals surface area contributed by atoms with Crippen LogP contribution in [0.5, 0.6) is 5.75 Å². The summed E-state index contributed by atoms with van der Waals surface area (Å²) in [6.07, 6.45) is 6.09. The number of aromatic nitrogens is 3. The van der Waals surface area contributed by atoms with Gasteiger partial charge in [0.2, 0.25) is 0 Å². The molecule has 6 rings (SSSR count). The molecule has 3 aromatic rings. The maximum absolute atomic E-state index is 13.9. The second kappa shape index (κ2) is 8.54. The molecule has 1 amide bonds. The number of nitrogens with zero attached hydrogens (tertiary/aromatic N) is 6. The minimum Gasteiger partial charge on any atom is -0.494 e. The minimum atomic E-state index is -0.705. The number of anilines is 2. The molecule has 1 aromatic carbocycles. The Morgan fingerprint density at radius 3 is 2.67 bits per heavy atom. The van der Waals surface area contributed by atoms with Crippen LogP contribution in [0.4, 0.5) is 11.4 Å². The number of aromatic amines is 1. The summed E-state index contributed by atoms with van der Waals surface area (Å²) in [6, 6.07) is 9.85. The van der Waals surface area contributed by atoms with Crippen molar-refractivity contribution in [3.05, 3.63) is 41.9 Å². The van der Waals surface area contributed by atoms with Gasteiger partial charge < -0.3 is 14.5 Å². The van der Waals surface area contributed by atoms with Gasteiger partial charge in [0.15, 0.2) is 16.6 Å². The van der Waals surface area contributed by atoms with Crippen LogP contribution in [-0.2, 0) is 4.79 Å². The number of likely N-dealkylation sites (tertiary alicyclic amines) is 1. The van der Waals surface area contributed by atoms with Crippen LogP contribution in [-0.4, -0.2) is 63.9 Å². The van der Waals surface area contributed by atoms with Crippen LogP contribution >= 0.6 is 12.2 Å². The molecule has 0 bridgehead atoms. The Hall–Kier alpha value is -3.55. The first-order valence-corrected chi connectivity index (χ1v) is 12.7. The Labute approximate surface area is 214 Å². The van der Waals surface area contributed by atoms with Crippen LogP contribution in [0.25, 0.3) is 10.9 Å². The Morgan fingerprint density at radius 1 is 1.22 bits per heavy atom. The Kier molecular flexibility index (Phi) is 5.43. The number of benzene rings is 1. The third-order valence-electron chi connectivity index (χ3n) is 7.95. The number of piperidine rings is 1. The molecule has 184 valence electrons. The molecule has 4 heterocycles. The number of methoxy groups -OCH3 is 1. The van der Waals surface area contributed by atoms with E-state index >= 15 is 0 Å². The number of nitrogens with one attached hydrogen (secondary N) is 1. The number of H-pyrrole nitrogens is 1. The molecule has 1 saturated carbocycles. The molecule has 1 spiro atoms. The summed E-state index contributed by atoms with van der Waals surface area (Å²) in [6.45, 7) is 2.12. The number of pyridine rings is 1. The molecule has 10 heteroatoms. The van der Waals surface area contributed by atoms with Gasteiger partial charge in [0.1, 0.15) is 11.6 Å². The molecule has 9 nitrogen and oxygen atoms in total. The number of hydrogen-bond acceptors (Lipinski definition) is 7.